The summed E-state index contributed by atoms with van der Waals surface area (Å²) in [5.74, 6) is 0.208. The Balaban J connectivity index is 1.32. The fourth-order valence-electron chi connectivity index (χ4n) is 4.96. The van der Waals surface area contributed by atoms with Crippen LogP contribution in [-0.2, 0) is 19.0 Å². The van der Waals surface area contributed by atoms with E-state index < -0.39 is 22.7 Å². The molecular weight excluding hydrogens is 567 g/mol. The van der Waals surface area contributed by atoms with Crippen LogP contribution < -0.4 is 14.8 Å². The van der Waals surface area contributed by atoms with Crippen LogP contribution in [-0.4, -0.2) is 32.5 Å². The van der Waals surface area contributed by atoms with E-state index in [9.17, 15) is 28.1 Å². The second-order valence-corrected chi connectivity index (χ2v) is 9.87. The quantitative estimate of drug-likeness (QED) is 0.163. The summed E-state index contributed by atoms with van der Waals surface area (Å²) in [6.07, 6.45) is -1.88. The number of halogens is 3. The number of carbonyl (C=O) groups excluding carboxylic acids is 1. The predicted octanol–water partition coefficient (Wildman–Crippen LogP) is 6.87. The number of hydrogen-bond acceptors (Lipinski definition) is 7. The molecule has 0 aliphatic heterocycles. The molecule has 5 aromatic rings. The molecule has 43 heavy (non-hydrogen) atoms. The summed E-state index contributed by atoms with van der Waals surface area (Å²) in [7, 11) is 1.47. The first-order chi connectivity index (χ1) is 20.6. The molecule has 1 amide bonds. The Kier molecular flexibility index (Phi) is 6.92. The molecule has 6 rings (SSSR count). The summed E-state index contributed by atoms with van der Waals surface area (Å²) in [6.45, 7) is 0. The highest BCUT2D eigenvalue weighted by Gasteiger charge is 2.35. The Morgan fingerprint density at radius 1 is 0.953 bits per heavy atom. The van der Waals surface area contributed by atoms with Gasteiger partial charge in [-0.15, -0.1) is 0 Å². The molecule has 0 atom stereocenters. The van der Waals surface area contributed by atoms with E-state index in [0.29, 0.717) is 21.6 Å². The van der Waals surface area contributed by atoms with Crippen LogP contribution in [0.15, 0.2) is 72.8 Å². The zero-order valence-corrected chi connectivity index (χ0v) is 22.5. The van der Waals surface area contributed by atoms with Gasteiger partial charge in [-0.25, -0.2) is 9.50 Å². The molecule has 0 saturated heterocycles. The number of alkyl halides is 3. The van der Waals surface area contributed by atoms with Crippen molar-refractivity contribution in [2.24, 2.45) is 0 Å². The van der Waals surface area contributed by atoms with Crippen molar-refractivity contribution in [2.75, 3.05) is 12.4 Å². The molecule has 0 fully saturated rings. The highest BCUT2D eigenvalue weighted by atomic mass is 19.4. The number of amides is 1. The van der Waals surface area contributed by atoms with Crippen LogP contribution in [0.1, 0.15) is 33.7 Å². The fourth-order valence-corrected chi connectivity index (χ4v) is 4.96. The third kappa shape index (κ3) is 5.69. The van der Waals surface area contributed by atoms with Gasteiger partial charge in [-0.05, 0) is 72.9 Å². The average molecular weight is 590 g/mol. The molecule has 2 aromatic heterocycles. The largest absolute Gasteiger partial charge is 0.497 e. The third-order valence-electron chi connectivity index (χ3n) is 7.00. The van der Waals surface area contributed by atoms with E-state index in [4.69, 9.17) is 9.47 Å². The maximum Gasteiger partial charge on any atom is 0.433 e. The minimum Gasteiger partial charge on any atom is -0.497 e. The lowest BCUT2D eigenvalue weighted by molar-refractivity contribution is -0.384. The van der Waals surface area contributed by atoms with Crippen molar-refractivity contribution in [3.8, 4) is 28.5 Å². The number of nitro groups is 1. The van der Waals surface area contributed by atoms with Gasteiger partial charge in [0.05, 0.1) is 29.5 Å². The van der Waals surface area contributed by atoms with E-state index in [1.165, 1.54) is 24.8 Å². The van der Waals surface area contributed by atoms with E-state index in [1.807, 2.05) is 12.1 Å². The molecule has 10 nitrogen and oxygen atoms in total. The molecule has 1 N–H and O–H groups in total. The summed E-state index contributed by atoms with van der Waals surface area (Å²) < 4.78 is 53.6. The van der Waals surface area contributed by atoms with Crippen molar-refractivity contribution >= 4 is 22.9 Å². The summed E-state index contributed by atoms with van der Waals surface area (Å²) in [5, 5.41) is 17.9. The van der Waals surface area contributed by atoms with Gasteiger partial charge in [-0.1, -0.05) is 6.07 Å². The van der Waals surface area contributed by atoms with Gasteiger partial charge in [-0.2, -0.15) is 18.3 Å². The fraction of sp³-hybridized carbons (Fsp3) is 0.167. The molecule has 0 unspecified atom stereocenters. The van der Waals surface area contributed by atoms with Crippen molar-refractivity contribution in [3.63, 3.8) is 0 Å². The molecular formula is C30H22F3N5O5. The number of fused-ring (bicyclic) bond motifs is 2. The number of non-ortho nitro benzene ring substituents is 1. The smallest absolute Gasteiger partial charge is 0.433 e. The van der Waals surface area contributed by atoms with Crippen molar-refractivity contribution in [3.05, 3.63) is 105 Å². The van der Waals surface area contributed by atoms with Gasteiger partial charge in [0.1, 0.15) is 17.2 Å². The Morgan fingerprint density at radius 3 is 2.42 bits per heavy atom. The second kappa shape index (κ2) is 10.7. The number of nitro benzene ring substituents is 1. The lowest BCUT2D eigenvalue weighted by Crippen LogP contribution is -2.16. The van der Waals surface area contributed by atoms with Gasteiger partial charge in [-0.3, -0.25) is 14.9 Å². The van der Waals surface area contributed by atoms with Crippen LogP contribution in [0.3, 0.4) is 0 Å². The minimum absolute atomic E-state index is 0.00431. The summed E-state index contributed by atoms with van der Waals surface area (Å²) in [5.41, 5.74) is 0.696. The molecule has 218 valence electrons. The van der Waals surface area contributed by atoms with Gasteiger partial charge in [0.25, 0.3) is 11.6 Å². The second-order valence-electron chi connectivity index (χ2n) is 9.87. The van der Waals surface area contributed by atoms with Gasteiger partial charge in [0.2, 0.25) is 0 Å². The number of carbonyl (C=O) groups is 1. The molecule has 0 spiro atoms. The van der Waals surface area contributed by atoms with Crippen LogP contribution in [0, 0.1) is 10.1 Å². The van der Waals surface area contributed by atoms with Crippen molar-refractivity contribution in [1.82, 2.24) is 14.6 Å². The lowest BCUT2D eigenvalue weighted by atomic mass is 10.1. The molecule has 13 heteroatoms. The van der Waals surface area contributed by atoms with Crippen molar-refractivity contribution in [1.29, 1.82) is 0 Å². The Hall–Kier alpha value is -5.46. The van der Waals surface area contributed by atoms with E-state index in [1.54, 1.807) is 30.3 Å². The van der Waals surface area contributed by atoms with Crippen LogP contribution in [0.25, 0.3) is 16.9 Å². The summed E-state index contributed by atoms with van der Waals surface area (Å²) in [6, 6.07) is 17.6. The zero-order chi connectivity index (χ0) is 30.3. The topological polar surface area (TPSA) is 121 Å². The number of aryl methyl sites for hydroxylation is 2. The van der Waals surface area contributed by atoms with Crippen molar-refractivity contribution < 1.29 is 32.4 Å². The summed E-state index contributed by atoms with van der Waals surface area (Å²) >= 11 is 0. The predicted molar refractivity (Wildman–Crippen MR) is 150 cm³/mol. The highest BCUT2D eigenvalue weighted by molar-refractivity contribution is 6.03. The number of rotatable bonds is 7. The lowest BCUT2D eigenvalue weighted by Gasteiger charge is -2.11. The number of anilines is 1. The number of methoxy groups -OCH3 is 1. The van der Waals surface area contributed by atoms with Gasteiger partial charge < -0.3 is 14.8 Å². The van der Waals surface area contributed by atoms with E-state index >= 15 is 0 Å². The highest BCUT2D eigenvalue weighted by Crippen LogP contribution is 2.34. The average Bonchev–Trinajstić information content (AvgIpc) is 3.63. The first kappa shape index (κ1) is 27.7. The Morgan fingerprint density at radius 2 is 1.70 bits per heavy atom. The zero-order valence-electron chi connectivity index (χ0n) is 22.5. The van der Waals surface area contributed by atoms with E-state index in [-0.39, 0.29) is 34.2 Å². The van der Waals surface area contributed by atoms with Gasteiger partial charge in [0.15, 0.2) is 17.0 Å². The molecule has 3 aromatic carbocycles. The normalized spacial score (nSPS) is 12.7. The SMILES string of the molecule is COc1ccc(-c2cc(C(F)(F)F)n3nc(C(=O)Nc4cc(Oc5ccc6c(c5)CCC6)cc([N+](=O)[O-])c4)cc3n2)cc1. The van der Waals surface area contributed by atoms with Gasteiger partial charge >= 0.3 is 6.18 Å². The van der Waals surface area contributed by atoms with Crippen LogP contribution in [0.4, 0.5) is 24.5 Å². The van der Waals surface area contributed by atoms with Crippen LogP contribution >= 0.6 is 0 Å². The van der Waals surface area contributed by atoms with Crippen LogP contribution in [0.2, 0.25) is 0 Å². The monoisotopic (exact) mass is 589 g/mol. The molecule has 2 heterocycles. The molecule has 1 aliphatic rings. The van der Waals surface area contributed by atoms with E-state index in [0.717, 1.165) is 43.0 Å². The molecule has 1 aliphatic carbocycles. The first-order valence-corrected chi connectivity index (χ1v) is 13.1. The maximum atomic E-state index is 14.0. The Bertz CT molecular complexity index is 1890. The van der Waals surface area contributed by atoms with E-state index in [2.05, 4.69) is 15.4 Å². The Labute approximate surface area is 241 Å². The van der Waals surface area contributed by atoms with Crippen LogP contribution in [0.5, 0.6) is 17.2 Å². The minimum atomic E-state index is -4.81. The molecule has 0 radical (unpaired) electrons. The van der Waals surface area contributed by atoms with Crippen molar-refractivity contribution in [2.45, 2.75) is 25.4 Å². The third-order valence-corrected chi connectivity index (χ3v) is 7.00. The number of nitrogens with one attached hydrogen (secondary N) is 1. The summed E-state index contributed by atoms with van der Waals surface area (Å²) in [4.78, 5) is 28.4. The first-order valence-electron chi connectivity index (χ1n) is 13.1. The number of aromatic nitrogens is 3. The number of benzene rings is 3. The van der Waals surface area contributed by atoms with Gasteiger partial charge in [0, 0.05) is 23.8 Å². The molecule has 0 bridgehead atoms. The standard InChI is InChI=1S/C30H22F3N5O5/c1-42-22-8-6-18(7-9-22)25-15-27(30(31,32)33)37-28(35-25)16-26(36-37)29(39)34-20-12-21(38(40)41)14-24(13-20)43-23-10-5-17-3-2-4-19(17)11-23/h5-16H,2-4H2,1H3,(H,34,39). The number of hydrogen-bond donors (Lipinski definition) is 1. The number of nitrogens with zero attached hydrogens (tertiary/aromatic N) is 4. The molecule has 0 saturated carbocycles. The number of ether oxygens (including phenoxy) is 2. The maximum absolute atomic E-state index is 14.0.